The molecule has 0 aromatic carbocycles. The summed E-state index contributed by atoms with van der Waals surface area (Å²) >= 11 is 0. The number of methoxy groups -OCH3 is 1. The van der Waals surface area contributed by atoms with Crippen LogP contribution in [0.1, 0.15) is 37.3 Å². The van der Waals surface area contributed by atoms with Gasteiger partial charge in [0, 0.05) is 30.8 Å². The van der Waals surface area contributed by atoms with Gasteiger partial charge >= 0.3 is 0 Å². The number of aromatic nitrogens is 1. The van der Waals surface area contributed by atoms with Crippen LogP contribution in [0.5, 0.6) is 5.88 Å². The summed E-state index contributed by atoms with van der Waals surface area (Å²) in [5.74, 6) is 1.38. The zero-order valence-electron chi connectivity index (χ0n) is 10.4. The maximum absolute atomic E-state index is 5.20. The molecule has 3 heteroatoms. The molecule has 3 rings (SSSR count). The number of rotatable bonds is 2. The molecule has 2 aliphatic rings. The summed E-state index contributed by atoms with van der Waals surface area (Å²) in [5.41, 5.74) is 1.85. The van der Waals surface area contributed by atoms with Crippen LogP contribution in [0.4, 0.5) is 0 Å². The van der Waals surface area contributed by atoms with Gasteiger partial charge in [-0.2, -0.15) is 0 Å². The lowest BCUT2D eigenvalue weighted by Gasteiger charge is -2.47. The topological polar surface area (TPSA) is 34.1 Å². The van der Waals surface area contributed by atoms with E-state index in [1.54, 1.807) is 7.11 Å². The van der Waals surface area contributed by atoms with Gasteiger partial charge in [0.2, 0.25) is 5.88 Å². The Morgan fingerprint density at radius 1 is 1.29 bits per heavy atom. The molecule has 1 aliphatic heterocycles. The Hall–Kier alpha value is -1.09. The Morgan fingerprint density at radius 3 is 2.65 bits per heavy atom. The fraction of sp³-hybridized carbons (Fsp3) is 0.643. The van der Waals surface area contributed by atoms with Crippen molar-refractivity contribution in [1.29, 1.82) is 0 Å². The number of hydrogen-bond acceptors (Lipinski definition) is 3. The van der Waals surface area contributed by atoms with Gasteiger partial charge in [0.15, 0.2) is 0 Å². The van der Waals surface area contributed by atoms with Crippen molar-refractivity contribution in [2.24, 2.45) is 5.41 Å². The van der Waals surface area contributed by atoms with E-state index in [4.69, 9.17) is 4.74 Å². The summed E-state index contributed by atoms with van der Waals surface area (Å²) in [6, 6.07) is 6.12. The molecule has 1 aromatic heterocycles. The maximum Gasteiger partial charge on any atom is 0.213 e. The van der Waals surface area contributed by atoms with Crippen LogP contribution in [0.3, 0.4) is 0 Å². The van der Waals surface area contributed by atoms with Crippen LogP contribution in [0.2, 0.25) is 0 Å². The zero-order chi connectivity index (χ0) is 11.7. The standard InChI is InChI=1S/C14H20N2O/c1-17-13-4-2-3-12(16-13)11-5-7-14(8-6-11)9-15-10-14/h2-4,11,15H,5-10H2,1H3. The number of hydrogen-bond donors (Lipinski definition) is 1. The first-order chi connectivity index (χ1) is 8.31. The average Bonchev–Trinajstić information content (AvgIpc) is 2.37. The van der Waals surface area contributed by atoms with E-state index in [1.165, 1.54) is 44.5 Å². The first kappa shape index (κ1) is 11.0. The SMILES string of the molecule is COc1cccc(C2CCC3(CC2)CNC3)n1. The number of nitrogens with one attached hydrogen (secondary N) is 1. The quantitative estimate of drug-likeness (QED) is 0.850. The second kappa shape index (κ2) is 4.30. The van der Waals surface area contributed by atoms with Crippen LogP contribution in [-0.4, -0.2) is 25.2 Å². The summed E-state index contributed by atoms with van der Waals surface area (Å²) in [6.07, 6.45) is 5.26. The number of nitrogens with zero attached hydrogens (tertiary/aromatic N) is 1. The van der Waals surface area contributed by atoms with Gasteiger partial charge < -0.3 is 10.1 Å². The average molecular weight is 232 g/mol. The normalized spacial score (nSPS) is 23.4. The predicted molar refractivity (Wildman–Crippen MR) is 67.3 cm³/mol. The van der Waals surface area contributed by atoms with E-state index in [0.717, 1.165) is 5.88 Å². The molecule has 1 saturated carbocycles. The molecular weight excluding hydrogens is 212 g/mol. The van der Waals surface area contributed by atoms with Crippen LogP contribution >= 0.6 is 0 Å². The van der Waals surface area contributed by atoms with Crippen molar-refractivity contribution in [2.75, 3.05) is 20.2 Å². The van der Waals surface area contributed by atoms with Gasteiger partial charge in [0.25, 0.3) is 0 Å². The highest BCUT2D eigenvalue weighted by Crippen LogP contribution is 2.44. The minimum absolute atomic E-state index is 0.634. The summed E-state index contributed by atoms with van der Waals surface area (Å²) in [7, 11) is 1.68. The van der Waals surface area contributed by atoms with Crippen molar-refractivity contribution < 1.29 is 4.74 Å². The smallest absolute Gasteiger partial charge is 0.213 e. The first-order valence-corrected chi connectivity index (χ1v) is 6.53. The molecular formula is C14H20N2O. The van der Waals surface area contributed by atoms with Crippen LogP contribution < -0.4 is 10.1 Å². The lowest BCUT2D eigenvalue weighted by molar-refractivity contribution is 0.0967. The number of ether oxygens (including phenoxy) is 1. The molecule has 1 aliphatic carbocycles. The van der Waals surface area contributed by atoms with E-state index in [1.807, 2.05) is 6.07 Å². The van der Waals surface area contributed by atoms with Gasteiger partial charge in [-0.1, -0.05) is 6.07 Å². The summed E-state index contributed by atoms with van der Waals surface area (Å²) in [5, 5.41) is 3.41. The summed E-state index contributed by atoms with van der Waals surface area (Å²) < 4.78 is 5.20. The monoisotopic (exact) mass is 232 g/mol. The van der Waals surface area contributed by atoms with Gasteiger partial charge in [-0.3, -0.25) is 0 Å². The van der Waals surface area contributed by atoms with Crippen molar-refractivity contribution in [2.45, 2.75) is 31.6 Å². The summed E-state index contributed by atoms with van der Waals surface area (Å²) in [4.78, 5) is 4.57. The Balaban J connectivity index is 1.69. The van der Waals surface area contributed by atoms with E-state index in [9.17, 15) is 0 Å². The molecule has 1 aromatic rings. The number of pyridine rings is 1. The molecule has 0 unspecified atom stereocenters. The van der Waals surface area contributed by atoms with Gasteiger partial charge in [-0.25, -0.2) is 4.98 Å². The van der Waals surface area contributed by atoms with Crippen LogP contribution in [-0.2, 0) is 0 Å². The van der Waals surface area contributed by atoms with Gasteiger partial charge in [0.05, 0.1) is 7.11 Å². The lowest BCUT2D eigenvalue weighted by Crippen LogP contribution is -2.54. The highest BCUT2D eigenvalue weighted by atomic mass is 16.5. The van der Waals surface area contributed by atoms with Crippen molar-refractivity contribution in [1.82, 2.24) is 10.3 Å². The second-order valence-corrected chi connectivity index (χ2v) is 5.48. The Labute approximate surface area is 103 Å². The van der Waals surface area contributed by atoms with Gasteiger partial charge in [-0.05, 0) is 37.2 Å². The molecule has 0 amide bonds. The van der Waals surface area contributed by atoms with E-state index in [0.29, 0.717) is 11.3 Å². The third kappa shape index (κ3) is 2.04. The molecule has 1 spiro atoms. The Bertz CT molecular complexity index is 391. The largest absolute Gasteiger partial charge is 0.481 e. The van der Waals surface area contributed by atoms with Crippen LogP contribution in [0, 0.1) is 5.41 Å². The molecule has 17 heavy (non-hydrogen) atoms. The molecule has 0 radical (unpaired) electrons. The fourth-order valence-electron chi connectivity index (χ4n) is 3.13. The molecule has 0 bridgehead atoms. The minimum atomic E-state index is 0.634. The fourth-order valence-corrected chi connectivity index (χ4v) is 3.13. The molecule has 0 atom stereocenters. The predicted octanol–water partition coefficient (Wildman–Crippen LogP) is 2.34. The molecule has 92 valence electrons. The Kier molecular flexibility index (Phi) is 2.79. The minimum Gasteiger partial charge on any atom is -0.481 e. The summed E-state index contributed by atoms with van der Waals surface area (Å²) in [6.45, 7) is 2.45. The van der Waals surface area contributed by atoms with E-state index in [2.05, 4.69) is 22.4 Å². The molecule has 2 heterocycles. The van der Waals surface area contributed by atoms with Crippen molar-refractivity contribution in [3.05, 3.63) is 23.9 Å². The van der Waals surface area contributed by atoms with E-state index < -0.39 is 0 Å². The molecule has 3 nitrogen and oxygen atoms in total. The lowest BCUT2D eigenvalue weighted by atomic mass is 9.66. The van der Waals surface area contributed by atoms with Crippen LogP contribution in [0.15, 0.2) is 18.2 Å². The first-order valence-electron chi connectivity index (χ1n) is 6.53. The second-order valence-electron chi connectivity index (χ2n) is 5.48. The van der Waals surface area contributed by atoms with Crippen molar-refractivity contribution in [3.63, 3.8) is 0 Å². The Morgan fingerprint density at radius 2 is 2.06 bits per heavy atom. The van der Waals surface area contributed by atoms with Crippen molar-refractivity contribution >= 4 is 0 Å². The highest BCUT2D eigenvalue weighted by Gasteiger charge is 2.40. The molecule has 2 fully saturated rings. The third-order valence-corrected chi connectivity index (χ3v) is 4.42. The van der Waals surface area contributed by atoms with E-state index in [-0.39, 0.29) is 0 Å². The zero-order valence-corrected chi connectivity index (χ0v) is 10.4. The van der Waals surface area contributed by atoms with Gasteiger partial charge in [0.1, 0.15) is 0 Å². The van der Waals surface area contributed by atoms with E-state index >= 15 is 0 Å². The third-order valence-electron chi connectivity index (χ3n) is 4.42. The van der Waals surface area contributed by atoms with Crippen molar-refractivity contribution in [3.8, 4) is 5.88 Å². The van der Waals surface area contributed by atoms with Gasteiger partial charge in [-0.15, -0.1) is 0 Å². The molecule has 1 N–H and O–H groups in total. The molecule has 1 saturated heterocycles. The highest BCUT2D eigenvalue weighted by molar-refractivity contribution is 5.19. The van der Waals surface area contributed by atoms with Crippen LogP contribution in [0.25, 0.3) is 0 Å². The maximum atomic E-state index is 5.20.